The predicted octanol–water partition coefficient (Wildman–Crippen LogP) is 4.21. The van der Waals surface area contributed by atoms with Crippen molar-refractivity contribution in [1.29, 1.82) is 0 Å². The maximum Gasteiger partial charge on any atom is 0.331 e. The topological polar surface area (TPSA) is 35.5 Å². The number of benzene rings is 2. The molecule has 108 valence electrons. The third kappa shape index (κ3) is 5.08. The van der Waals surface area contributed by atoms with Gasteiger partial charge in [-0.2, -0.15) is 0 Å². The number of hydrogen-bond acceptors (Lipinski definition) is 3. The molecule has 0 N–H and O–H groups in total. The normalized spacial score (nSPS) is 10.6. The monoisotopic (exact) mass is 346 g/mol. The zero-order valence-electron chi connectivity index (χ0n) is 11.6. The van der Waals surface area contributed by atoms with E-state index in [9.17, 15) is 4.79 Å². The van der Waals surface area contributed by atoms with Crippen molar-refractivity contribution in [2.24, 2.45) is 0 Å². The predicted molar refractivity (Wildman–Crippen MR) is 86.0 cm³/mol. The first-order chi connectivity index (χ1) is 10.2. The number of ether oxygens (including phenoxy) is 2. The van der Waals surface area contributed by atoms with Gasteiger partial charge in [0, 0.05) is 10.5 Å². The molecule has 0 heterocycles. The molecule has 0 radical (unpaired) electrons. The van der Waals surface area contributed by atoms with Gasteiger partial charge in [-0.1, -0.05) is 40.2 Å². The number of halogens is 1. The molecule has 2 aromatic rings. The Balaban J connectivity index is 1.87. The van der Waals surface area contributed by atoms with Gasteiger partial charge in [-0.3, -0.25) is 0 Å². The molecular weight excluding hydrogens is 332 g/mol. The number of rotatable bonds is 5. The lowest BCUT2D eigenvalue weighted by Gasteiger charge is -2.03. The van der Waals surface area contributed by atoms with E-state index in [1.807, 2.05) is 48.5 Å². The molecule has 0 aliphatic carbocycles. The highest BCUT2D eigenvalue weighted by molar-refractivity contribution is 9.10. The first kappa shape index (κ1) is 15.3. The summed E-state index contributed by atoms with van der Waals surface area (Å²) in [5.74, 6) is 0.412. The van der Waals surface area contributed by atoms with Crippen molar-refractivity contribution in [2.45, 2.75) is 6.61 Å². The summed E-state index contributed by atoms with van der Waals surface area (Å²) in [7, 11) is 1.62. The van der Waals surface area contributed by atoms with Crippen LogP contribution >= 0.6 is 15.9 Å². The average molecular weight is 347 g/mol. The van der Waals surface area contributed by atoms with Crippen LogP contribution in [0.25, 0.3) is 6.08 Å². The minimum atomic E-state index is -0.370. The van der Waals surface area contributed by atoms with Crippen LogP contribution in [0.4, 0.5) is 0 Å². The van der Waals surface area contributed by atoms with Gasteiger partial charge in [-0.25, -0.2) is 4.79 Å². The molecular formula is C17H15BrO3. The second-order valence-corrected chi connectivity index (χ2v) is 5.26. The summed E-state index contributed by atoms with van der Waals surface area (Å²) < 4.78 is 11.2. The van der Waals surface area contributed by atoms with Crippen molar-refractivity contribution in [3.63, 3.8) is 0 Å². The fraction of sp³-hybridized carbons (Fsp3) is 0.118. The number of carbonyl (C=O) groups excluding carboxylic acids is 1. The van der Waals surface area contributed by atoms with Gasteiger partial charge in [-0.05, 0) is 41.5 Å². The van der Waals surface area contributed by atoms with Gasteiger partial charge >= 0.3 is 5.97 Å². The maximum absolute atomic E-state index is 11.7. The first-order valence-electron chi connectivity index (χ1n) is 6.41. The maximum atomic E-state index is 11.7. The SMILES string of the molecule is COc1ccc(/C=C/C(=O)OCc2cccc(Br)c2)cc1. The molecule has 0 unspecified atom stereocenters. The van der Waals surface area contributed by atoms with Gasteiger partial charge in [0.25, 0.3) is 0 Å². The van der Waals surface area contributed by atoms with E-state index >= 15 is 0 Å². The first-order valence-corrected chi connectivity index (χ1v) is 7.20. The van der Waals surface area contributed by atoms with Gasteiger partial charge in [0.05, 0.1) is 7.11 Å². The number of carbonyl (C=O) groups is 1. The van der Waals surface area contributed by atoms with Crippen molar-refractivity contribution in [2.75, 3.05) is 7.11 Å². The molecule has 3 nitrogen and oxygen atoms in total. The molecule has 0 fully saturated rings. The lowest BCUT2D eigenvalue weighted by atomic mass is 10.2. The fourth-order valence-corrected chi connectivity index (χ4v) is 2.16. The second kappa shape index (κ2) is 7.64. The van der Waals surface area contributed by atoms with E-state index in [2.05, 4.69) is 15.9 Å². The molecule has 4 heteroatoms. The number of methoxy groups -OCH3 is 1. The van der Waals surface area contributed by atoms with E-state index in [1.165, 1.54) is 6.08 Å². The third-order valence-corrected chi connectivity index (χ3v) is 3.29. The van der Waals surface area contributed by atoms with Crippen LogP contribution in [0.2, 0.25) is 0 Å². The Morgan fingerprint density at radius 1 is 1.19 bits per heavy atom. The molecule has 0 atom stereocenters. The molecule has 0 saturated carbocycles. The highest BCUT2D eigenvalue weighted by Crippen LogP contribution is 2.13. The van der Waals surface area contributed by atoms with Crippen molar-refractivity contribution < 1.29 is 14.3 Å². The summed E-state index contributed by atoms with van der Waals surface area (Å²) in [4.78, 5) is 11.7. The lowest BCUT2D eigenvalue weighted by molar-refractivity contribution is -0.138. The van der Waals surface area contributed by atoms with E-state index in [-0.39, 0.29) is 12.6 Å². The summed E-state index contributed by atoms with van der Waals surface area (Å²) in [6.45, 7) is 0.255. The summed E-state index contributed by atoms with van der Waals surface area (Å²) in [5, 5.41) is 0. The molecule has 0 amide bonds. The van der Waals surface area contributed by atoms with Crippen molar-refractivity contribution >= 4 is 28.0 Å². The van der Waals surface area contributed by atoms with Gasteiger partial charge < -0.3 is 9.47 Å². The highest BCUT2D eigenvalue weighted by atomic mass is 79.9. The van der Waals surface area contributed by atoms with Crippen LogP contribution in [-0.2, 0) is 16.1 Å². The van der Waals surface area contributed by atoms with Crippen LogP contribution in [0.1, 0.15) is 11.1 Å². The summed E-state index contributed by atoms with van der Waals surface area (Å²) >= 11 is 3.38. The Labute approximate surface area is 132 Å². The van der Waals surface area contributed by atoms with Crippen LogP contribution in [0.15, 0.2) is 59.1 Å². The van der Waals surface area contributed by atoms with Crippen LogP contribution < -0.4 is 4.74 Å². The van der Waals surface area contributed by atoms with E-state index < -0.39 is 0 Å². The molecule has 2 rings (SSSR count). The third-order valence-electron chi connectivity index (χ3n) is 2.80. The Kier molecular flexibility index (Phi) is 5.58. The largest absolute Gasteiger partial charge is 0.497 e. The zero-order chi connectivity index (χ0) is 15.1. The number of hydrogen-bond donors (Lipinski definition) is 0. The molecule has 0 bridgehead atoms. The van der Waals surface area contributed by atoms with Crippen molar-refractivity contribution in [3.05, 3.63) is 70.2 Å². The van der Waals surface area contributed by atoms with E-state index in [0.29, 0.717) is 0 Å². The van der Waals surface area contributed by atoms with Gasteiger partial charge in [-0.15, -0.1) is 0 Å². The summed E-state index contributed by atoms with van der Waals surface area (Å²) in [6.07, 6.45) is 3.13. The van der Waals surface area contributed by atoms with Gasteiger partial charge in [0.2, 0.25) is 0 Å². The smallest absolute Gasteiger partial charge is 0.331 e. The highest BCUT2D eigenvalue weighted by Gasteiger charge is 1.99. The molecule has 21 heavy (non-hydrogen) atoms. The molecule has 0 aliphatic rings. The van der Waals surface area contributed by atoms with Crippen LogP contribution in [0, 0.1) is 0 Å². The fourth-order valence-electron chi connectivity index (χ4n) is 1.71. The summed E-state index contributed by atoms with van der Waals surface area (Å²) in [5.41, 5.74) is 1.85. The van der Waals surface area contributed by atoms with E-state index in [1.54, 1.807) is 13.2 Å². The molecule has 0 aromatic heterocycles. The van der Waals surface area contributed by atoms with Gasteiger partial charge in [0.15, 0.2) is 0 Å². The molecule has 0 spiro atoms. The zero-order valence-corrected chi connectivity index (χ0v) is 13.2. The number of esters is 1. The molecule has 0 saturated heterocycles. The summed E-state index contributed by atoms with van der Waals surface area (Å²) in [6, 6.07) is 15.1. The average Bonchev–Trinajstić information content (AvgIpc) is 2.51. The quantitative estimate of drug-likeness (QED) is 0.600. The Hall–Kier alpha value is -2.07. The van der Waals surface area contributed by atoms with E-state index in [4.69, 9.17) is 9.47 Å². The second-order valence-electron chi connectivity index (χ2n) is 4.34. The van der Waals surface area contributed by atoms with Crippen LogP contribution in [-0.4, -0.2) is 13.1 Å². The Morgan fingerprint density at radius 3 is 2.62 bits per heavy atom. The van der Waals surface area contributed by atoms with Crippen LogP contribution in [0.3, 0.4) is 0 Å². The Bertz CT molecular complexity index is 633. The van der Waals surface area contributed by atoms with Crippen molar-refractivity contribution in [3.8, 4) is 5.75 Å². The van der Waals surface area contributed by atoms with Crippen molar-refractivity contribution in [1.82, 2.24) is 0 Å². The van der Waals surface area contributed by atoms with Gasteiger partial charge in [0.1, 0.15) is 12.4 Å². The molecule has 2 aromatic carbocycles. The van der Waals surface area contributed by atoms with E-state index in [0.717, 1.165) is 21.3 Å². The minimum Gasteiger partial charge on any atom is -0.497 e. The standard InChI is InChI=1S/C17H15BrO3/c1-20-16-8-5-13(6-9-16)7-10-17(19)21-12-14-3-2-4-15(18)11-14/h2-11H,12H2,1H3/b10-7+. The minimum absolute atomic E-state index is 0.255. The van der Waals surface area contributed by atoms with Crippen LogP contribution in [0.5, 0.6) is 5.75 Å². The lowest BCUT2D eigenvalue weighted by Crippen LogP contribution is -2.00. The molecule has 0 aliphatic heterocycles. The Morgan fingerprint density at radius 2 is 1.95 bits per heavy atom.